The molecule has 92 valence electrons. The lowest BCUT2D eigenvalue weighted by Gasteiger charge is -2.03. The molecule has 2 rings (SSSR count). The molecule has 0 unspecified atom stereocenters. The average Bonchev–Trinajstić information content (AvgIpc) is 2.27. The summed E-state index contributed by atoms with van der Waals surface area (Å²) in [5, 5.41) is 11.3. The predicted octanol–water partition coefficient (Wildman–Crippen LogP) is 1.59. The first-order chi connectivity index (χ1) is 8.47. The number of benzene rings is 1. The van der Waals surface area contributed by atoms with Gasteiger partial charge in [-0.05, 0) is 31.2 Å². The van der Waals surface area contributed by atoms with E-state index < -0.39 is 11.9 Å². The zero-order valence-corrected chi connectivity index (χ0v) is 10.2. The average molecular weight is 263 g/mol. The van der Waals surface area contributed by atoms with Gasteiger partial charge in [0.25, 0.3) is 0 Å². The first-order valence-corrected chi connectivity index (χ1v) is 5.88. The fourth-order valence-corrected chi connectivity index (χ4v) is 2.52. The van der Waals surface area contributed by atoms with Crippen molar-refractivity contribution in [3.05, 3.63) is 39.4 Å². The number of carbonyl (C=O) groups is 2. The van der Waals surface area contributed by atoms with Crippen LogP contribution in [0.2, 0.25) is 0 Å². The molecule has 0 saturated carbocycles. The normalized spacial score (nSPS) is 10.3. The number of hydrogen-bond donors (Lipinski definition) is 2. The second kappa shape index (κ2) is 4.58. The number of aliphatic carboxylic acids is 1. The molecule has 0 aliphatic carbocycles. The highest BCUT2D eigenvalue weighted by Gasteiger charge is 2.11. The van der Waals surface area contributed by atoms with Crippen LogP contribution < -0.4 is 10.7 Å². The maximum Gasteiger partial charge on any atom is 0.394 e. The Balaban J connectivity index is 2.47. The summed E-state index contributed by atoms with van der Waals surface area (Å²) in [6.45, 7) is 1.81. The van der Waals surface area contributed by atoms with Gasteiger partial charge >= 0.3 is 11.9 Å². The molecular weight excluding hydrogens is 254 g/mol. The van der Waals surface area contributed by atoms with E-state index in [1.54, 1.807) is 18.2 Å². The third-order valence-electron chi connectivity index (χ3n) is 2.30. The van der Waals surface area contributed by atoms with E-state index in [-0.39, 0.29) is 5.43 Å². The number of nitrogens with one attached hydrogen (secondary N) is 1. The van der Waals surface area contributed by atoms with E-state index in [2.05, 4.69) is 5.32 Å². The molecule has 1 heterocycles. The summed E-state index contributed by atoms with van der Waals surface area (Å²) in [5.41, 5.74) is 0.272. The number of anilines is 1. The van der Waals surface area contributed by atoms with Crippen LogP contribution in [-0.2, 0) is 9.59 Å². The van der Waals surface area contributed by atoms with Crippen molar-refractivity contribution < 1.29 is 14.7 Å². The van der Waals surface area contributed by atoms with Crippen molar-refractivity contribution >= 4 is 39.0 Å². The third-order valence-corrected chi connectivity index (χ3v) is 3.30. The van der Waals surface area contributed by atoms with Crippen molar-refractivity contribution in [1.82, 2.24) is 0 Å². The van der Waals surface area contributed by atoms with Gasteiger partial charge in [-0.25, -0.2) is 4.79 Å². The summed E-state index contributed by atoms with van der Waals surface area (Å²) in [4.78, 5) is 34.0. The number of rotatable bonds is 1. The molecule has 1 amide bonds. The smallest absolute Gasteiger partial charge is 0.394 e. The predicted molar refractivity (Wildman–Crippen MR) is 69.1 cm³/mol. The topological polar surface area (TPSA) is 83.5 Å². The molecule has 2 aromatic rings. The van der Waals surface area contributed by atoms with Gasteiger partial charge in [-0.1, -0.05) is 0 Å². The minimum Gasteiger partial charge on any atom is -0.474 e. The van der Waals surface area contributed by atoms with Crippen molar-refractivity contribution in [2.45, 2.75) is 6.92 Å². The Morgan fingerprint density at radius 1 is 1.28 bits per heavy atom. The Hall–Kier alpha value is -2.21. The van der Waals surface area contributed by atoms with E-state index >= 15 is 0 Å². The van der Waals surface area contributed by atoms with E-state index in [1.807, 2.05) is 6.92 Å². The molecule has 0 aliphatic heterocycles. The maximum atomic E-state index is 11.7. The Bertz CT molecular complexity index is 705. The lowest BCUT2D eigenvalue weighted by molar-refractivity contribution is -0.147. The number of carboxylic acids is 1. The van der Waals surface area contributed by atoms with Crippen molar-refractivity contribution in [3.63, 3.8) is 0 Å². The Labute approximate surface area is 106 Å². The van der Waals surface area contributed by atoms with Crippen LogP contribution in [0.4, 0.5) is 5.69 Å². The highest BCUT2D eigenvalue weighted by molar-refractivity contribution is 7.18. The van der Waals surface area contributed by atoms with Crippen molar-refractivity contribution in [2.75, 3.05) is 5.32 Å². The largest absolute Gasteiger partial charge is 0.474 e. The van der Waals surface area contributed by atoms with Crippen LogP contribution in [0, 0.1) is 6.92 Å². The molecule has 2 N–H and O–H groups in total. The second-order valence-electron chi connectivity index (χ2n) is 3.69. The van der Waals surface area contributed by atoms with Crippen LogP contribution in [0.5, 0.6) is 0 Å². The molecule has 5 nitrogen and oxygen atoms in total. The number of amides is 1. The van der Waals surface area contributed by atoms with Gasteiger partial charge < -0.3 is 10.4 Å². The van der Waals surface area contributed by atoms with E-state index in [0.29, 0.717) is 15.8 Å². The lowest BCUT2D eigenvalue weighted by atomic mass is 10.2. The Morgan fingerprint density at radius 2 is 2.00 bits per heavy atom. The molecular formula is C12H9NO4S. The molecule has 6 heteroatoms. The van der Waals surface area contributed by atoms with Crippen LogP contribution in [-0.4, -0.2) is 17.0 Å². The standard InChI is InChI=1S/C12H9NO4S/c1-6-4-9(14)8-3-2-7(5-10(8)18-6)13-11(15)12(16)17/h2-5H,1H3,(H,13,15)(H,16,17). The number of hydrogen-bond acceptors (Lipinski definition) is 4. The summed E-state index contributed by atoms with van der Waals surface area (Å²) in [6.07, 6.45) is 0. The Kier molecular flexibility index (Phi) is 3.12. The quantitative estimate of drug-likeness (QED) is 0.765. The number of carboxylic acid groups (broad SMARTS) is 1. The molecule has 0 fully saturated rings. The van der Waals surface area contributed by atoms with Crippen LogP contribution in [0.3, 0.4) is 0 Å². The maximum absolute atomic E-state index is 11.7. The SMILES string of the molecule is Cc1cc(=O)c2ccc(NC(=O)C(=O)O)cc2s1. The third kappa shape index (κ3) is 2.38. The number of fused-ring (bicyclic) bond motifs is 1. The molecule has 0 spiro atoms. The van der Waals surface area contributed by atoms with E-state index in [9.17, 15) is 14.4 Å². The van der Waals surface area contributed by atoms with E-state index in [0.717, 1.165) is 4.88 Å². The first-order valence-electron chi connectivity index (χ1n) is 5.06. The van der Waals surface area contributed by atoms with Gasteiger partial charge in [0, 0.05) is 20.7 Å². The number of aryl methyl sites for hydroxylation is 1. The highest BCUT2D eigenvalue weighted by Crippen LogP contribution is 2.22. The van der Waals surface area contributed by atoms with Gasteiger partial charge in [0.2, 0.25) is 0 Å². The van der Waals surface area contributed by atoms with Gasteiger partial charge in [0.05, 0.1) is 0 Å². The summed E-state index contributed by atoms with van der Waals surface area (Å²) in [7, 11) is 0. The lowest BCUT2D eigenvalue weighted by Crippen LogP contribution is -2.21. The van der Waals surface area contributed by atoms with Crippen molar-refractivity contribution in [1.29, 1.82) is 0 Å². The van der Waals surface area contributed by atoms with Crippen molar-refractivity contribution in [3.8, 4) is 0 Å². The van der Waals surface area contributed by atoms with Gasteiger partial charge in [0.1, 0.15) is 0 Å². The first kappa shape index (κ1) is 12.3. The zero-order chi connectivity index (χ0) is 13.3. The van der Waals surface area contributed by atoms with Gasteiger partial charge in [-0.2, -0.15) is 0 Å². The van der Waals surface area contributed by atoms with E-state index in [4.69, 9.17) is 5.11 Å². The highest BCUT2D eigenvalue weighted by atomic mass is 32.1. The minimum absolute atomic E-state index is 0.0858. The van der Waals surface area contributed by atoms with Crippen LogP contribution >= 0.6 is 11.3 Å². The molecule has 0 bridgehead atoms. The fraction of sp³-hybridized carbons (Fsp3) is 0.0833. The zero-order valence-electron chi connectivity index (χ0n) is 9.39. The molecule has 0 atom stereocenters. The molecule has 18 heavy (non-hydrogen) atoms. The summed E-state index contributed by atoms with van der Waals surface area (Å²) >= 11 is 1.41. The summed E-state index contributed by atoms with van der Waals surface area (Å²) < 4.78 is 0.711. The monoisotopic (exact) mass is 263 g/mol. The van der Waals surface area contributed by atoms with E-state index in [1.165, 1.54) is 17.4 Å². The Morgan fingerprint density at radius 3 is 2.67 bits per heavy atom. The van der Waals surface area contributed by atoms with Gasteiger partial charge in [-0.15, -0.1) is 11.3 Å². The second-order valence-corrected chi connectivity index (χ2v) is 4.98. The summed E-state index contributed by atoms with van der Waals surface area (Å²) in [5.74, 6) is -2.65. The molecule has 0 saturated heterocycles. The molecule has 1 aromatic carbocycles. The van der Waals surface area contributed by atoms with Gasteiger partial charge in [-0.3, -0.25) is 9.59 Å². The molecule has 0 radical (unpaired) electrons. The summed E-state index contributed by atoms with van der Waals surface area (Å²) in [6, 6.07) is 6.22. The molecule has 1 aromatic heterocycles. The van der Waals surface area contributed by atoms with Crippen LogP contribution in [0.15, 0.2) is 29.1 Å². The van der Waals surface area contributed by atoms with Crippen molar-refractivity contribution in [2.24, 2.45) is 0 Å². The van der Waals surface area contributed by atoms with Crippen LogP contribution in [0.25, 0.3) is 10.1 Å². The molecule has 0 aliphatic rings. The minimum atomic E-state index is -1.55. The number of carbonyl (C=O) groups excluding carboxylic acids is 1. The van der Waals surface area contributed by atoms with Gasteiger partial charge in [0.15, 0.2) is 5.43 Å². The van der Waals surface area contributed by atoms with Crippen LogP contribution in [0.1, 0.15) is 4.88 Å². The fourth-order valence-electron chi connectivity index (χ4n) is 1.54.